The summed E-state index contributed by atoms with van der Waals surface area (Å²) in [7, 11) is 0. The van der Waals surface area contributed by atoms with E-state index in [1.807, 2.05) is 0 Å². The van der Waals surface area contributed by atoms with Crippen LogP contribution in [0.1, 0.15) is 73.1 Å². The van der Waals surface area contributed by atoms with Crippen molar-refractivity contribution >= 4 is 0 Å². The standard InChI is InChI=1S/C21H37N/c1-7-9-20(8-2)19(10-15(3)4)12-18-11-16(5)13-21(20,22)14-17(18)6/h7,10,16-19H,1,8-9,11-14,22H2,2-6H3/t16?,17?,18?,19?,20-,21?/m0/s1. The van der Waals surface area contributed by atoms with Crippen LogP contribution in [0.3, 0.4) is 0 Å². The SMILES string of the molecule is C=CC[C@@]1(CC)C(C=C(C)C)CC2CC(C)CC1(N)CC2C. The maximum absolute atomic E-state index is 7.24. The molecule has 0 saturated heterocycles. The van der Waals surface area contributed by atoms with E-state index in [1.165, 1.54) is 31.3 Å². The Morgan fingerprint density at radius 2 is 1.91 bits per heavy atom. The average molecular weight is 304 g/mol. The molecule has 126 valence electrons. The van der Waals surface area contributed by atoms with E-state index in [0.29, 0.717) is 5.92 Å². The normalized spacial score (nSPS) is 45.0. The third-order valence-electron chi connectivity index (χ3n) is 6.84. The van der Waals surface area contributed by atoms with Crippen molar-refractivity contribution in [2.45, 2.75) is 78.7 Å². The lowest BCUT2D eigenvalue weighted by Crippen LogP contribution is -2.58. The van der Waals surface area contributed by atoms with E-state index < -0.39 is 0 Å². The number of allylic oxidation sites excluding steroid dienone is 3. The Morgan fingerprint density at radius 3 is 2.45 bits per heavy atom. The first-order chi connectivity index (χ1) is 10.3. The van der Waals surface area contributed by atoms with Crippen molar-refractivity contribution in [3.05, 3.63) is 24.3 Å². The molecule has 2 N–H and O–H groups in total. The third-order valence-corrected chi connectivity index (χ3v) is 6.84. The summed E-state index contributed by atoms with van der Waals surface area (Å²) in [5, 5.41) is 0. The first-order valence-electron chi connectivity index (χ1n) is 9.32. The zero-order chi connectivity index (χ0) is 16.5. The van der Waals surface area contributed by atoms with Gasteiger partial charge in [0, 0.05) is 5.54 Å². The summed E-state index contributed by atoms with van der Waals surface area (Å²) in [5.41, 5.74) is 8.82. The molecule has 2 rings (SSSR count). The van der Waals surface area contributed by atoms with Crippen LogP contribution in [0.15, 0.2) is 24.3 Å². The Morgan fingerprint density at radius 1 is 1.23 bits per heavy atom. The van der Waals surface area contributed by atoms with Crippen molar-refractivity contribution < 1.29 is 0 Å². The van der Waals surface area contributed by atoms with Crippen LogP contribution in [0.25, 0.3) is 0 Å². The largest absolute Gasteiger partial charge is 0.325 e. The van der Waals surface area contributed by atoms with Crippen molar-refractivity contribution in [1.29, 1.82) is 0 Å². The zero-order valence-corrected chi connectivity index (χ0v) is 15.5. The summed E-state index contributed by atoms with van der Waals surface area (Å²) in [6.45, 7) is 15.8. The topological polar surface area (TPSA) is 26.0 Å². The summed E-state index contributed by atoms with van der Waals surface area (Å²) in [5.74, 6) is 2.94. The molecule has 5 unspecified atom stereocenters. The zero-order valence-electron chi connectivity index (χ0n) is 15.5. The van der Waals surface area contributed by atoms with E-state index in [4.69, 9.17) is 5.73 Å². The molecule has 0 amide bonds. The lowest BCUT2D eigenvalue weighted by Gasteiger charge is -2.53. The lowest BCUT2D eigenvalue weighted by atomic mass is 9.55. The second-order valence-electron chi connectivity index (χ2n) is 8.73. The molecule has 2 saturated carbocycles. The van der Waals surface area contributed by atoms with E-state index in [1.54, 1.807) is 0 Å². The smallest absolute Gasteiger partial charge is 0.0225 e. The van der Waals surface area contributed by atoms with Crippen molar-refractivity contribution in [1.82, 2.24) is 0 Å². The van der Waals surface area contributed by atoms with Gasteiger partial charge in [-0.25, -0.2) is 0 Å². The molecule has 0 aromatic carbocycles. The van der Waals surface area contributed by atoms with Crippen molar-refractivity contribution in [2.24, 2.45) is 34.8 Å². The number of nitrogens with two attached hydrogens (primary N) is 1. The van der Waals surface area contributed by atoms with E-state index in [2.05, 4.69) is 53.3 Å². The summed E-state index contributed by atoms with van der Waals surface area (Å²) in [6.07, 6.45) is 11.9. The molecule has 2 bridgehead atoms. The Bertz CT molecular complexity index is 433. The summed E-state index contributed by atoms with van der Waals surface area (Å²) >= 11 is 0. The van der Waals surface area contributed by atoms with E-state index in [0.717, 1.165) is 30.6 Å². The van der Waals surface area contributed by atoms with Gasteiger partial charge in [-0.3, -0.25) is 0 Å². The van der Waals surface area contributed by atoms with Gasteiger partial charge < -0.3 is 5.73 Å². The minimum Gasteiger partial charge on any atom is -0.325 e. The number of fused-ring (bicyclic) bond motifs is 3. The predicted molar refractivity (Wildman–Crippen MR) is 97.7 cm³/mol. The number of rotatable bonds is 4. The Balaban J connectivity index is 2.59. The predicted octanol–water partition coefficient (Wildman–Crippen LogP) is 5.71. The molecule has 0 radical (unpaired) electrons. The molecule has 2 fully saturated rings. The van der Waals surface area contributed by atoms with Gasteiger partial charge in [0.05, 0.1) is 0 Å². The molecule has 0 aliphatic heterocycles. The second-order valence-corrected chi connectivity index (χ2v) is 8.73. The molecule has 0 aromatic heterocycles. The highest BCUT2D eigenvalue weighted by molar-refractivity contribution is 5.17. The maximum Gasteiger partial charge on any atom is 0.0225 e. The Kier molecular flexibility index (Phi) is 5.27. The fraction of sp³-hybridized carbons (Fsp3) is 0.810. The van der Waals surface area contributed by atoms with Gasteiger partial charge in [0.15, 0.2) is 0 Å². The van der Waals surface area contributed by atoms with Gasteiger partial charge in [0.2, 0.25) is 0 Å². The summed E-state index contributed by atoms with van der Waals surface area (Å²) in [4.78, 5) is 0. The molecular weight excluding hydrogens is 266 g/mol. The fourth-order valence-corrected chi connectivity index (χ4v) is 5.94. The van der Waals surface area contributed by atoms with Gasteiger partial charge in [0.25, 0.3) is 0 Å². The molecule has 2 aliphatic rings. The molecule has 1 heteroatoms. The first-order valence-corrected chi connectivity index (χ1v) is 9.32. The summed E-state index contributed by atoms with van der Waals surface area (Å²) in [6, 6.07) is 0. The lowest BCUT2D eigenvalue weighted by molar-refractivity contribution is 0.0348. The minimum absolute atomic E-state index is 0.0450. The van der Waals surface area contributed by atoms with Crippen LogP contribution in [0, 0.1) is 29.1 Å². The molecule has 0 aromatic rings. The van der Waals surface area contributed by atoms with Crippen molar-refractivity contribution in [3.63, 3.8) is 0 Å². The van der Waals surface area contributed by atoms with Gasteiger partial charge in [-0.15, -0.1) is 6.58 Å². The highest BCUT2D eigenvalue weighted by Crippen LogP contribution is 2.58. The molecule has 2 aliphatic carbocycles. The number of hydrogen-bond donors (Lipinski definition) is 1. The van der Waals surface area contributed by atoms with Crippen molar-refractivity contribution in [3.8, 4) is 0 Å². The quantitative estimate of drug-likeness (QED) is 0.661. The minimum atomic E-state index is -0.0450. The van der Waals surface area contributed by atoms with Gasteiger partial charge in [-0.1, -0.05) is 38.5 Å². The summed E-state index contributed by atoms with van der Waals surface area (Å²) < 4.78 is 0. The number of hydrogen-bond acceptors (Lipinski definition) is 1. The Hall–Kier alpha value is -0.560. The first kappa shape index (κ1) is 17.8. The molecular formula is C21H37N. The van der Waals surface area contributed by atoms with Gasteiger partial charge >= 0.3 is 0 Å². The van der Waals surface area contributed by atoms with Crippen LogP contribution >= 0.6 is 0 Å². The second kappa shape index (κ2) is 6.51. The van der Waals surface area contributed by atoms with E-state index >= 15 is 0 Å². The average Bonchev–Trinajstić information content (AvgIpc) is 2.55. The van der Waals surface area contributed by atoms with Crippen LogP contribution in [0.2, 0.25) is 0 Å². The van der Waals surface area contributed by atoms with Crippen LogP contribution in [-0.2, 0) is 0 Å². The van der Waals surface area contributed by atoms with Gasteiger partial charge in [-0.2, -0.15) is 0 Å². The van der Waals surface area contributed by atoms with Crippen LogP contribution in [0.5, 0.6) is 0 Å². The third kappa shape index (κ3) is 2.94. The molecule has 1 nitrogen and oxygen atoms in total. The van der Waals surface area contributed by atoms with Gasteiger partial charge in [0.1, 0.15) is 0 Å². The maximum atomic E-state index is 7.24. The fourth-order valence-electron chi connectivity index (χ4n) is 5.94. The Labute approximate surface area is 138 Å². The highest BCUT2D eigenvalue weighted by atomic mass is 14.8. The van der Waals surface area contributed by atoms with E-state index in [-0.39, 0.29) is 11.0 Å². The monoisotopic (exact) mass is 303 g/mol. The van der Waals surface area contributed by atoms with Crippen LogP contribution in [0.4, 0.5) is 0 Å². The van der Waals surface area contributed by atoms with Crippen LogP contribution in [-0.4, -0.2) is 5.54 Å². The van der Waals surface area contributed by atoms with Gasteiger partial charge in [-0.05, 0) is 81.5 Å². The molecule has 0 spiro atoms. The molecule has 22 heavy (non-hydrogen) atoms. The highest BCUT2D eigenvalue weighted by Gasteiger charge is 2.56. The molecule has 6 atom stereocenters. The van der Waals surface area contributed by atoms with Crippen LogP contribution < -0.4 is 5.73 Å². The molecule has 0 heterocycles. The van der Waals surface area contributed by atoms with E-state index in [9.17, 15) is 0 Å². The van der Waals surface area contributed by atoms with Crippen molar-refractivity contribution in [2.75, 3.05) is 0 Å².